The fraction of sp³-hybridized carbons (Fsp3) is 0.250. The number of carbonyl (C=O) groups is 1. The summed E-state index contributed by atoms with van der Waals surface area (Å²) in [7, 11) is 4.37. The molecule has 1 N–H and O–H groups in total. The smallest absolute Gasteiger partial charge is 0.356 e. The molecule has 0 radical (unpaired) electrons. The van der Waals surface area contributed by atoms with Crippen LogP contribution in [0.2, 0.25) is 0 Å². The van der Waals surface area contributed by atoms with Gasteiger partial charge in [-0.2, -0.15) is 0 Å². The van der Waals surface area contributed by atoms with Crippen molar-refractivity contribution in [3.8, 4) is 0 Å². The van der Waals surface area contributed by atoms with Gasteiger partial charge in [0.1, 0.15) is 11.4 Å². The van der Waals surface area contributed by atoms with Crippen LogP contribution in [0.4, 0.5) is 0 Å². The van der Waals surface area contributed by atoms with E-state index in [9.17, 15) is 4.79 Å². The summed E-state index contributed by atoms with van der Waals surface area (Å²) in [6.07, 6.45) is -0.680. The lowest BCUT2D eigenvalue weighted by molar-refractivity contribution is -0.107. The Morgan fingerprint density at radius 1 is 1.14 bits per heavy atom. The predicted molar refractivity (Wildman–Crippen MR) is 81.7 cm³/mol. The zero-order valence-corrected chi connectivity index (χ0v) is 12.5. The molecule has 6 heteroatoms. The van der Waals surface area contributed by atoms with E-state index in [-0.39, 0.29) is 5.69 Å². The van der Waals surface area contributed by atoms with Gasteiger partial charge in [-0.25, -0.2) is 9.78 Å². The summed E-state index contributed by atoms with van der Waals surface area (Å²) in [6.45, 7) is 0. The largest absolute Gasteiger partial charge is 0.464 e. The number of H-pyrrole nitrogens is 1. The molecule has 2 heterocycles. The first-order chi connectivity index (χ1) is 10.7. The van der Waals surface area contributed by atoms with Crippen molar-refractivity contribution in [3.63, 3.8) is 0 Å². The molecule has 1 aromatic carbocycles. The molecule has 0 saturated heterocycles. The number of nitrogens with one attached hydrogen (secondary N) is 1. The Hall–Kier alpha value is -2.44. The monoisotopic (exact) mass is 300 g/mol. The van der Waals surface area contributed by atoms with Crippen LogP contribution in [0.15, 0.2) is 30.3 Å². The first-order valence-electron chi connectivity index (χ1n) is 6.74. The van der Waals surface area contributed by atoms with Gasteiger partial charge in [0, 0.05) is 30.5 Å². The van der Waals surface area contributed by atoms with Crippen LogP contribution in [0.3, 0.4) is 0 Å². The molecule has 114 valence electrons. The molecule has 6 nitrogen and oxygen atoms in total. The van der Waals surface area contributed by atoms with Crippen molar-refractivity contribution < 1.29 is 19.0 Å². The van der Waals surface area contributed by atoms with Crippen LogP contribution in [-0.2, 0) is 14.2 Å². The van der Waals surface area contributed by atoms with Crippen LogP contribution in [0.1, 0.15) is 22.5 Å². The van der Waals surface area contributed by atoms with Crippen molar-refractivity contribution in [1.29, 1.82) is 0 Å². The van der Waals surface area contributed by atoms with Crippen molar-refractivity contribution in [2.45, 2.75) is 6.29 Å². The summed E-state index contributed by atoms with van der Waals surface area (Å²) in [4.78, 5) is 19.5. The van der Waals surface area contributed by atoms with Gasteiger partial charge in [0.05, 0.1) is 12.6 Å². The summed E-state index contributed by atoms with van der Waals surface area (Å²) < 4.78 is 15.4. The van der Waals surface area contributed by atoms with Crippen LogP contribution in [0.25, 0.3) is 21.8 Å². The normalized spacial score (nSPS) is 11.5. The summed E-state index contributed by atoms with van der Waals surface area (Å²) in [5, 5.41) is 1.87. The van der Waals surface area contributed by atoms with Gasteiger partial charge in [-0.05, 0) is 12.1 Å². The number of aromatic nitrogens is 2. The highest BCUT2D eigenvalue weighted by Gasteiger charge is 2.21. The average molecular weight is 300 g/mol. The molecule has 0 aliphatic carbocycles. The first kappa shape index (κ1) is 14.5. The number of aromatic amines is 1. The number of methoxy groups -OCH3 is 3. The van der Waals surface area contributed by atoms with E-state index >= 15 is 0 Å². The Kier molecular flexibility index (Phi) is 3.79. The quantitative estimate of drug-likeness (QED) is 0.592. The van der Waals surface area contributed by atoms with Crippen molar-refractivity contribution in [2.75, 3.05) is 21.3 Å². The highest BCUT2D eigenvalue weighted by atomic mass is 16.7. The van der Waals surface area contributed by atoms with E-state index in [4.69, 9.17) is 14.2 Å². The van der Waals surface area contributed by atoms with Gasteiger partial charge in [-0.3, -0.25) is 0 Å². The second-order valence-electron chi connectivity index (χ2n) is 4.78. The Morgan fingerprint density at radius 3 is 2.55 bits per heavy atom. The first-order valence-corrected chi connectivity index (χ1v) is 6.74. The number of esters is 1. The van der Waals surface area contributed by atoms with Crippen molar-refractivity contribution in [2.24, 2.45) is 0 Å². The summed E-state index contributed by atoms with van der Waals surface area (Å²) in [6, 6.07) is 9.54. The molecule has 0 saturated carbocycles. The fourth-order valence-electron chi connectivity index (χ4n) is 2.57. The van der Waals surface area contributed by atoms with Gasteiger partial charge >= 0.3 is 5.97 Å². The highest BCUT2D eigenvalue weighted by molar-refractivity contribution is 6.09. The number of carbonyl (C=O) groups excluding carboxylic acids is 1. The maximum atomic E-state index is 11.9. The molecule has 3 aromatic rings. The van der Waals surface area contributed by atoms with Gasteiger partial charge in [0.2, 0.25) is 6.29 Å². The Bertz CT molecular complexity index is 837. The topological polar surface area (TPSA) is 73.4 Å². The van der Waals surface area contributed by atoms with Crippen molar-refractivity contribution >= 4 is 27.8 Å². The third-order valence-corrected chi connectivity index (χ3v) is 3.57. The molecular weight excluding hydrogens is 284 g/mol. The molecule has 0 aliphatic heterocycles. The minimum Gasteiger partial charge on any atom is -0.464 e. The maximum Gasteiger partial charge on any atom is 0.356 e. The van der Waals surface area contributed by atoms with E-state index in [2.05, 4.69) is 9.97 Å². The number of fused-ring (bicyclic) bond motifs is 3. The molecular formula is C16H16N2O4. The number of nitrogens with zero attached hydrogens (tertiary/aromatic N) is 1. The molecule has 2 aromatic heterocycles. The molecule has 0 atom stereocenters. The summed E-state index contributed by atoms with van der Waals surface area (Å²) in [5.74, 6) is -0.501. The number of para-hydroxylation sites is 1. The van der Waals surface area contributed by atoms with E-state index in [1.54, 1.807) is 6.07 Å². The zero-order valence-electron chi connectivity index (χ0n) is 12.5. The SMILES string of the molecule is COC(=O)c1cc2c([nH]c3ccccc32)c(C(OC)OC)n1. The fourth-order valence-corrected chi connectivity index (χ4v) is 2.57. The second-order valence-corrected chi connectivity index (χ2v) is 4.78. The average Bonchev–Trinajstić information content (AvgIpc) is 2.94. The van der Waals surface area contributed by atoms with Gasteiger partial charge in [0.25, 0.3) is 0 Å². The zero-order chi connectivity index (χ0) is 15.7. The number of pyridine rings is 1. The third kappa shape index (κ3) is 2.22. The van der Waals surface area contributed by atoms with Gasteiger partial charge in [-0.15, -0.1) is 0 Å². The number of rotatable bonds is 4. The van der Waals surface area contributed by atoms with Gasteiger partial charge in [0.15, 0.2) is 0 Å². The lowest BCUT2D eigenvalue weighted by atomic mass is 10.1. The predicted octanol–water partition coefficient (Wildman–Crippen LogP) is 2.79. The van der Waals surface area contributed by atoms with Gasteiger partial charge < -0.3 is 19.2 Å². The lowest BCUT2D eigenvalue weighted by Gasteiger charge is -2.14. The number of hydrogen-bond acceptors (Lipinski definition) is 5. The van der Waals surface area contributed by atoms with Crippen LogP contribution >= 0.6 is 0 Å². The molecule has 0 unspecified atom stereocenters. The van der Waals surface area contributed by atoms with Crippen molar-refractivity contribution in [1.82, 2.24) is 9.97 Å². The molecule has 0 fully saturated rings. The Balaban J connectivity index is 2.37. The standard InChI is InChI=1S/C16H16N2O4/c1-20-15(19)12-8-10-9-6-4-5-7-11(9)17-13(10)14(18-12)16(21-2)22-3/h4-8,16-17H,1-3H3. The van der Waals surface area contributed by atoms with Crippen molar-refractivity contribution in [3.05, 3.63) is 41.7 Å². The molecule has 0 spiro atoms. The lowest BCUT2D eigenvalue weighted by Crippen LogP contribution is -2.11. The number of ether oxygens (including phenoxy) is 3. The molecule has 22 heavy (non-hydrogen) atoms. The molecule has 0 aliphatic rings. The minimum absolute atomic E-state index is 0.217. The third-order valence-electron chi connectivity index (χ3n) is 3.57. The van der Waals surface area contributed by atoms with E-state index in [1.165, 1.54) is 21.3 Å². The molecule has 0 bridgehead atoms. The second kappa shape index (κ2) is 5.75. The summed E-state index contributed by atoms with van der Waals surface area (Å²) >= 11 is 0. The Labute approximate surface area is 127 Å². The van der Waals surface area contributed by atoms with E-state index in [0.29, 0.717) is 5.69 Å². The van der Waals surface area contributed by atoms with Crippen LogP contribution in [0.5, 0.6) is 0 Å². The maximum absolute atomic E-state index is 11.9. The highest BCUT2D eigenvalue weighted by Crippen LogP contribution is 2.31. The minimum atomic E-state index is -0.680. The van der Waals surface area contributed by atoms with E-state index < -0.39 is 12.3 Å². The van der Waals surface area contributed by atoms with Gasteiger partial charge in [-0.1, -0.05) is 18.2 Å². The molecule has 3 rings (SSSR count). The number of hydrogen-bond donors (Lipinski definition) is 1. The van der Waals surface area contributed by atoms with Crippen LogP contribution in [0, 0.1) is 0 Å². The molecule has 0 amide bonds. The number of benzene rings is 1. The summed E-state index contributed by atoms with van der Waals surface area (Å²) in [5.41, 5.74) is 2.46. The van der Waals surface area contributed by atoms with E-state index in [1.807, 2.05) is 24.3 Å². The van der Waals surface area contributed by atoms with Crippen LogP contribution < -0.4 is 0 Å². The Morgan fingerprint density at radius 2 is 1.86 bits per heavy atom. The van der Waals surface area contributed by atoms with E-state index in [0.717, 1.165) is 21.8 Å². The van der Waals surface area contributed by atoms with Crippen LogP contribution in [-0.4, -0.2) is 37.3 Å².